The molecule has 0 bridgehead atoms. The molecule has 6 nitrogen and oxygen atoms in total. The van der Waals surface area contributed by atoms with Crippen molar-refractivity contribution in [1.29, 1.82) is 0 Å². The molecule has 47 heavy (non-hydrogen) atoms. The van der Waals surface area contributed by atoms with Crippen molar-refractivity contribution in [2.75, 3.05) is 4.90 Å². The normalized spacial score (nSPS) is 11.6. The van der Waals surface area contributed by atoms with Gasteiger partial charge >= 0.3 is 0 Å². The van der Waals surface area contributed by atoms with Gasteiger partial charge in [0.15, 0.2) is 11.6 Å². The van der Waals surface area contributed by atoms with Crippen LogP contribution in [-0.2, 0) is 0 Å². The molecule has 0 amide bonds. The van der Waals surface area contributed by atoms with Crippen molar-refractivity contribution in [3.63, 3.8) is 0 Å². The van der Waals surface area contributed by atoms with Crippen molar-refractivity contribution < 1.29 is 8.78 Å². The molecule has 5 aromatic heterocycles. The van der Waals surface area contributed by atoms with E-state index in [1.54, 1.807) is 24.5 Å². The van der Waals surface area contributed by atoms with Crippen LogP contribution in [-0.4, -0.2) is 23.8 Å². The highest BCUT2D eigenvalue weighted by atomic mass is 19.1. The van der Waals surface area contributed by atoms with Gasteiger partial charge in [0.1, 0.15) is 22.9 Å². The van der Waals surface area contributed by atoms with E-state index >= 15 is 8.78 Å². The number of nitrogens with zero attached hydrogens (tertiary/aromatic N) is 6. The fourth-order valence-electron chi connectivity index (χ4n) is 6.49. The van der Waals surface area contributed by atoms with Crippen LogP contribution in [0, 0.1) is 11.6 Å². The van der Waals surface area contributed by atoms with Gasteiger partial charge in [-0.25, -0.2) is 18.7 Å². The van der Waals surface area contributed by atoms with Gasteiger partial charge in [-0.05, 0) is 12.1 Å². The molecular weight excluding hydrogens is 590 g/mol. The number of pyridine rings is 3. The summed E-state index contributed by atoms with van der Waals surface area (Å²) in [6.07, 6.45) is 6.41. The predicted molar refractivity (Wildman–Crippen MR) is 182 cm³/mol. The quantitative estimate of drug-likeness (QED) is 0.194. The van der Waals surface area contributed by atoms with Crippen LogP contribution in [0.1, 0.15) is 0 Å². The summed E-state index contributed by atoms with van der Waals surface area (Å²) in [4.78, 5) is 16.8. The standard InChI is InChI=1S/C39H24F2N6/c40-32-23-45-34(25-11-3-1-4-12-25)38(43-36(45)30-17-9-7-15-28(30)32)47(27-19-21-42-22-20-27)39-35(26-13-5-2-6-14-26)46-24-33(41)29-16-8-10-18-31(29)37(46)44-39/h1-24H. The van der Waals surface area contributed by atoms with Crippen molar-refractivity contribution in [2.24, 2.45) is 0 Å². The van der Waals surface area contributed by atoms with Crippen LogP contribution in [0.4, 0.5) is 26.1 Å². The van der Waals surface area contributed by atoms with Gasteiger partial charge in [-0.1, -0.05) is 109 Å². The molecule has 0 unspecified atom stereocenters. The average molecular weight is 615 g/mol. The third kappa shape index (κ3) is 4.19. The van der Waals surface area contributed by atoms with Gasteiger partial charge in [-0.2, -0.15) is 0 Å². The molecule has 0 radical (unpaired) electrons. The lowest BCUT2D eigenvalue weighted by Gasteiger charge is -2.23. The molecule has 0 spiro atoms. The maximum absolute atomic E-state index is 15.8. The minimum atomic E-state index is -0.357. The fraction of sp³-hybridized carbons (Fsp3) is 0. The third-order valence-corrected chi connectivity index (χ3v) is 8.56. The zero-order valence-corrected chi connectivity index (χ0v) is 24.8. The molecule has 0 fully saturated rings. The van der Waals surface area contributed by atoms with E-state index in [-0.39, 0.29) is 11.6 Å². The average Bonchev–Trinajstić information content (AvgIpc) is 3.69. The van der Waals surface area contributed by atoms with Crippen molar-refractivity contribution in [2.45, 2.75) is 0 Å². The summed E-state index contributed by atoms with van der Waals surface area (Å²) in [5.41, 5.74) is 4.95. The molecule has 0 aliphatic carbocycles. The Morgan fingerprint density at radius 1 is 0.468 bits per heavy atom. The first kappa shape index (κ1) is 26.9. The van der Waals surface area contributed by atoms with Crippen molar-refractivity contribution in [1.82, 2.24) is 23.8 Å². The lowest BCUT2D eigenvalue weighted by Crippen LogP contribution is -2.13. The van der Waals surface area contributed by atoms with Crippen molar-refractivity contribution >= 4 is 50.2 Å². The van der Waals surface area contributed by atoms with Crippen LogP contribution in [0.5, 0.6) is 0 Å². The minimum absolute atomic E-state index is 0.357. The van der Waals surface area contributed by atoms with Crippen LogP contribution < -0.4 is 4.90 Å². The first-order chi connectivity index (χ1) is 23.2. The van der Waals surface area contributed by atoms with Crippen LogP contribution in [0.3, 0.4) is 0 Å². The van der Waals surface area contributed by atoms with Crippen LogP contribution in [0.25, 0.3) is 55.4 Å². The summed E-state index contributed by atoms with van der Waals surface area (Å²) in [7, 11) is 0. The second kappa shape index (κ2) is 10.6. The van der Waals surface area contributed by atoms with E-state index < -0.39 is 0 Å². The number of hydrogen-bond donors (Lipinski definition) is 0. The van der Waals surface area contributed by atoms with E-state index in [9.17, 15) is 0 Å². The van der Waals surface area contributed by atoms with E-state index in [2.05, 4.69) is 4.98 Å². The Morgan fingerprint density at radius 2 is 0.872 bits per heavy atom. The number of rotatable bonds is 5. The summed E-state index contributed by atoms with van der Waals surface area (Å²) >= 11 is 0. The summed E-state index contributed by atoms with van der Waals surface area (Å²) in [5.74, 6) is 0.348. The molecular formula is C39H24F2N6. The Morgan fingerprint density at radius 3 is 1.32 bits per heavy atom. The molecule has 9 aromatic rings. The Kier molecular flexibility index (Phi) is 6.08. The Balaban J connectivity index is 1.46. The van der Waals surface area contributed by atoms with Gasteiger partial charge in [0.05, 0.1) is 17.1 Å². The molecule has 5 heterocycles. The molecule has 224 valence electrons. The number of fused-ring (bicyclic) bond motifs is 6. The summed E-state index contributed by atoms with van der Waals surface area (Å²) in [5, 5.41) is 2.31. The lowest BCUT2D eigenvalue weighted by atomic mass is 10.1. The number of benzene rings is 4. The number of anilines is 3. The fourth-order valence-corrected chi connectivity index (χ4v) is 6.49. The largest absolute Gasteiger partial charge is 0.294 e. The number of hydrogen-bond acceptors (Lipinski definition) is 4. The maximum Gasteiger partial charge on any atom is 0.166 e. The third-order valence-electron chi connectivity index (χ3n) is 8.56. The lowest BCUT2D eigenvalue weighted by molar-refractivity contribution is 0.631. The summed E-state index contributed by atoms with van der Waals surface area (Å²) < 4.78 is 35.1. The van der Waals surface area contributed by atoms with Gasteiger partial charge in [0.2, 0.25) is 0 Å². The summed E-state index contributed by atoms with van der Waals surface area (Å²) in [6, 6.07) is 38.1. The Hall–Kier alpha value is -6.41. The maximum atomic E-state index is 15.8. The van der Waals surface area contributed by atoms with E-state index in [0.717, 1.165) is 16.8 Å². The van der Waals surface area contributed by atoms with E-state index in [1.165, 1.54) is 12.4 Å². The van der Waals surface area contributed by atoms with Gasteiger partial charge in [0, 0.05) is 57.5 Å². The monoisotopic (exact) mass is 614 g/mol. The molecule has 4 aromatic carbocycles. The highest BCUT2D eigenvalue weighted by molar-refractivity contribution is 6.01. The zero-order valence-electron chi connectivity index (χ0n) is 24.8. The van der Waals surface area contributed by atoms with Crippen LogP contribution in [0.2, 0.25) is 0 Å². The first-order valence-electron chi connectivity index (χ1n) is 15.2. The molecule has 0 N–H and O–H groups in total. The predicted octanol–water partition coefficient (Wildman–Crippen LogP) is 9.77. The number of imidazole rings is 2. The second-order valence-electron chi connectivity index (χ2n) is 11.3. The molecule has 0 aliphatic rings. The number of halogens is 2. The zero-order chi connectivity index (χ0) is 31.5. The van der Waals surface area contributed by atoms with E-state index in [4.69, 9.17) is 9.97 Å². The number of aromatic nitrogens is 5. The van der Waals surface area contributed by atoms with Gasteiger partial charge < -0.3 is 0 Å². The van der Waals surface area contributed by atoms with Gasteiger partial charge in [-0.15, -0.1) is 0 Å². The Labute approximate surface area is 267 Å². The SMILES string of the molecule is Fc1cn2c(-c3ccccc3)c(N(c3ccncc3)c3nc4c5ccccc5c(F)cn4c3-c3ccccc3)nc2c2ccccc12. The molecule has 8 heteroatoms. The topological polar surface area (TPSA) is 50.7 Å². The van der Waals surface area contributed by atoms with Crippen molar-refractivity contribution in [3.05, 3.63) is 158 Å². The smallest absolute Gasteiger partial charge is 0.166 e. The van der Waals surface area contributed by atoms with E-state index in [0.29, 0.717) is 55.9 Å². The van der Waals surface area contributed by atoms with Gasteiger partial charge in [-0.3, -0.25) is 18.7 Å². The van der Waals surface area contributed by atoms with Crippen LogP contribution in [0.15, 0.2) is 146 Å². The molecule has 0 saturated heterocycles. The van der Waals surface area contributed by atoms with Crippen molar-refractivity contribution in [3.8, 4) is 22.5 Å². The molecule has 0 aliphatic heterocycles. The molecule has 0 saturated carbocycles. The highest BCUT2D eigenvalue weighted by Crippen LogP contribution is 2.45. The second-order valence-corrected chi connectivity index (χ2v) is 11.3. The van der Waals surface area contributed by atoms with Crippen LogP contribution >= 0.6 is 0 Å². The van der Waals surface area contributed by atoms with E-state index in [1.807, 2.05) is 123 Å². The minimum Gasteiger partial charge on any atom is -0.294 e. The Bertz CT molecular complexity index is 2430. The summed E-state index contributed by atoms with van der Waals surface area (Å²) in [6.45, 7) is 0. The molecule has 9 rings (SSSR count). The highest BCUT2D eigenvalue weighted by Gasteiger charge is 2.30. The van der Waals surface area contributed by atoms with Gasteiger partial charge in [0.25, 0.3) is 0 Å². The first-order valence-corrected chi connectivity index (χ1v) is 15.2. The molecule has 0 atom stereocenters.